The predicted octanol–water partition coefficient (Wildman–Crippen LogP) is 3.02. The molecule has 3 rings (SSSR count). The van der Waals surface area contributed by atoms with Crippen LogP contribution in [0.1, 0.15) is 30.0 Å². The standard InChI is InChI=1S/C17H19F2N3O/c18-16(19)15-6-8-20-17(21-15)22-9-7-14(13(10-22)11-23)12-4-2-1-3-5-12/h1-6,8,13-14,16,23H,7,9-11H2/t13-,14+/m1/s1. The summed E-state index contributed by atoms with van der Waals surface area (Å²) in [4.78, 5) is 9.94. The molecule has 1 fully saturated rings. The highest BCUT2D eigenvalue weighted by atomic mass is 19.3. The summed E-state index contributed by atoms with van der Waals surface area (Å²) in [6.07, 6.45) is -0.411. The molecule has 1 aromatic heterocycles. The zero-order valence-corrected chi connectivity index (χ0v) is 12.6. The van der Waals surface area contributed by atoms with Gasteiger partial charge in [-0.25, -0.2) is 18.7 Å². The van der Waals surface area contributed by atoms with Crippen molar-refractivity contribution in [3.8, 4) is 0 Å². The molecule has 2 atom stereocenters. The molecule has 6 heteroatoms. The Balaban J connectivity index is 1.77. The van der Waals surface area contributed by atoms with Crippen LogP contribution < -0.4 is 4.90 Å². The van der Waals surface area contributed by atoms with Gasteiger partial charge in [0.2, 0.25) is 5.95 Å². The molecule has 0 bridgehead atoms. The first-order chi connectivity index (χ1) is 11.2. The maximum Gasteiger partial charge on any atom is 0.280 e. The Morgan fingerprint density at radius 1 is 1.22 bits per heavy atom. The summed E-state index contributed by atoms with van der Waals surface area (Å²) in [5, 5.41) is 9.74. The predicted molar refractivity (Wildman–Crippen MR) is 83.6 cm³/mol. The zero-order chi connectivity index (χ0) is 16.2. The molecule has 1 N–H and O–H groups in total. The topological polar surface area (TPSA) is 49.2 Å². The molecule has 2 aromatic rings. The first kappa shape index (κ1) is 15.8. The Morgan fingerprint density at radius 3 is 2.70 bits per heavy atom. The van der Waals surface area contributed by atoms with Crippen LogP contribution in [-0.4, -0.2) is 34.8 Å². The van der Waals surface area contributed by atoms with Crippen LogP contribution in [0.3, 0.4) is 0 Å². The molecule has 0 radical (unpaired) electrons. The lowest BCUT2D eigenvalue weighted by atomic mass is 9.81. The van der Waals surface area contributed by atoms with E-state index in [2.05, 4.69) is 22.1 Å². The van der Waals surface area contributed by atoms with Crippen LogP contribution in [0.4, 0.5) is 14.7 Å². The molecule has 0 saturated carbocycles. The van der Waals surface area contributed by atoms with Crippen molar-refractivity contribution < 1.29 is 13.9 Å². The fourth-order valence-electron chi connectivity index (χ4n) is 3.17. The van der Waals surface area contributed by atoms with Crippen molar-refractivity contribution in [1.82, 2.24) is 9.97 Å². The molecule has 122 valence electrons. The van der Waals surface area contributed by atoms with Gasteiger partial charge >= 0.3 is 0 Å². The van der Waals surface area contributed by atoms with Crippen LogP contribution >= 0.6 is 0 Å². The van der Waals surface area contributed by atoms with Gasteiger partial charge in [0.15, 0.2) is 0 Å². The van der Waals surface area contributed by atoms with Crippen LogP contribution in [0.2, 0.25) is 0 Å². The summed E-state index contributed by atoms with van der Waals surface area (Å²) in [6.45, 7) is 1.29. The number of anilines is 1. The van der Waals surface area contributed by atoms with Crippen LogP contribution in [0.15, 0.2) is 42.6 Å². The molecule has 0 spiro atoms. The second-order valence-corrected chi connectivity index (χ2v) is 5.78. The van der Waals surface area contributed by atoms with Crippen molar-refractivity contribution in [2.45, 2.75) is 18.8 Å². The lowest BCUT2D eigenvalue weighted by Crippen LogP contribution is -2.42. The van der Waals surface area contributed by atoms with Crippen molar-refractivity contribution in [2.24, 2.45) is 5.92 Å². The van der Waals surface area contributed by atoms with E-state index in [1.807, 2.05) is 23.1 Å². The SMILES string of the molecule is OC[C@H]1CN(c2nccc(C(F)F)n2)CC[C@H]1c1ccccc1. The molecule has 1 saturated heterocycles. The quantitative estimate of drug-likeness (QED) is 0.941. The van der Waals surface area contributed by atoms with Gasteiger partial charge in [-0.15, -0.1) is 0 Å². The van der Waals surface area contributed by atoms with E-state index in [-0.39, 0.29) is 24.1 Å². The summed E-state index contributed by atoms with van der Waals surface area (Å²) < 4.78 is 25.6. The lowest BCUT2D eigenvalue weighted by Gasteiger charge is -2.38. The average Bonchev–Trinajstić information content (AvgIpc) is 2.62. The third-order valence-corrected chi connectivity index (χ3v) is 4.37. The normalized spacial score (nSPS) is 21.7. The average molecular weight is 319 g/mol. The molecule has 0 aliphatic carbocycles. The Morgan fingerprint density at radius 2 is 2.00 bits per heavy atom. The van der Waals surface area contributed by atoms with Gasteiger partial charge in [0, 0.05) is 31.8 Å². The molecule has 0 unspecified atom stereocenters. The van der Waals surface area contributed by atoms with Crippen LogP contribution in [0, 0.1) is 5.92 Å². The number of aromatic nitrogens is 2. The highest BCUT2D eigenvalue weighted by Crippen LogP contribution is 2.34. The molecular formula is C17H19F2N3O. The maximum atomic E-state index is 12.8. The first-order valence-electron chi connectivity index (χ1n) is 7.71. The highest BCUT2D eigenvalue weighted by Gasteiger charge is 2.31. The Labute approximate surface area is 133 Å². The van der Waals surface area contributed by atoms with E-state index in [1.165, 1.54) is 17.8 Å². The van der Waals surface area contributed by atoms with E-state index in [1.54, 1.807) is 0 Å². The summed E-state index contributed by atoms with van der Waals surface area (Å²) >= 11 is 0. The molecule has 23 heavy (non-hydrogen) atoms. The van der Waals surface area contributed by atoms with Crippen LogP contribution in [0.5, 0.6) is 0 Å². The third kappa shape index (κ3) is 3.47. The number of aliphatic hydroxyl groups excluding tert-OH is 1. The molecule has 1 aliphatic rings. The van der Waals surface area contributed by atoms with Gasteiger partial charge < -0.3 is 10.0 Å². The fraction of sp³-hybridized carbons (Fsp3) is 0.412. The van der Waals surface area contributed by atoms with Crippen molar-refractivity contribution in [3.05, 3.63) is 53.9 Å². The molecule has 4 nitrogen and oxygen atoms in total. The number of halogens is 2. The van der Waals surface area contributed by atoms with E-state index >= 15 is 0 Å². The first-order valence-corrected chi connectivity index (χ1v) is 7.71. The van der Waals surface area contributed by atoms with Gasteiger partial charge in [0.05, 0.1) is 0 Å². The van der Waals surface area contributed by atoms with Gasteiger partial charge in [-0.2, -0.15) is 0 Å². The van der Waals surface area contributed by atoms with E-state index in [0.717, 1.165) is 6.42 Å². The lowest BCUT2D eigenvalue weighted by molar-refractivity contribution is 0.145. The fourth-order valence-corrected chi connectivity index (χ4v) is 3.17. The van der Waals surface area contributed by atoms with Gasteiger partial charge in [-0.3, -0.25) is 0 Å². The van der Waals surface area contributed by atoms with Gasteiger partial charge in [-0.05, 0) is 24.0 Å². The largest absolute Gasteiger partial charge is 0.396 e. The Hall–Kier alpha value is -2.08. The maximum absolute atomic E-state index is 12.8. The molecule has 1 aromatic carbocycles. The van der Waals surface area contributed by atoms with Gasteiger partial charge in [0.1, 0.15) is 5.69 Å². The highest BCUT2D eigenvalue weighted by molar-refractivity contribution is 5.33. The zero-order valence-electron chi connectivity index (χ0n) is 12.6. The number of benzene rings is 1. The van der Waals surface area contributed by atoms with Gasteiger partial charge in [-0.1, -0.05) is 30.3 Å². The number of rotatable bonds is 4. The minimum Gasteiger partial charge on any atom is -0.396 e. The Kier molecular flexibility index (Phi) is 4.81. The number of aliphatic hydroxyl groups is 1. The van der Waals surface area contributed by atoms with Crippen molar-refractivity contribution >= 4 is 5.95 Å². The number of alkyl halides is 2. The molecule has 2 heterocycles. The summed E-state index contributed by atoms with van der Waals surface area (Å²) in [6, 6.07) is 11.3. The smallest absolute Gasteiger partial charge is 0.280 e. The van der Waals surface area contributed by atoms with Crippen LogP contribution in [-0.2, 0) is 0 Å². The van der Waals surface area contributed by atoms with E-state index in [9.17, 15) is 13.9 Å². The van der Waals surface area contributed by atoms with Crippen molar-refractivity contribution in [2.75, 3.05) is 24.6 Å². The second kappa shape index (κ2) is 7.00. The second-order valence-electron chi connectivity index (χ2n) is 5.78. The van der Waals surface area contributed by atoms with Gasteiger partial charge in [0.25, 0.3) is 6.43 Å². The number of hydrogen-bond acceptors (Lipinski definition) is 4. The summed E-state index contributed by atoms with van der Waals surface area (Å²) in [5.74, 6) is 0.605. The number of piperidine rings is 1. The van der Waals surface area contributed by atoms with E-state index < -0.39 is 6.43 Å². The number of nitrogens with zero attached hydrogens (tertiary/aromatic N) is 3. The monoisotopic (exact) mass is 319 g/mol. The number of hydrogen-bond donors (Lipinski definition) is 1. The summed E-state index contributed by atoms with van der Waals surface area (Å²) in [5.41, 5.74) is 0.939. The van der Waals surface area contributed by atoms with Crippen molar-refractivity contribution in [1.29, 1.82) is 0 Å². The minimum absolute atomic E-state index is 0.0324. The molecule has 0 amide bonds. The van der Waals surface area contributed by atoms with E-state index in [0.29, 0.717) is 19.0 Å². The molecule has 1 aliphatic heterocycles. The third-order valence-electron chi connectivity index (χ3n) is 4.37. The van der Waals surface area contributed by atoms with Crippen molar-refractivity contribution in [3.63, 3.8) is 0 Å². The van der Waals surface area contributed by atoms with E-state index in [4.69, 9.17) is 0 Å². The van der Waals surface area contributed by atoms with Crippen LogP contribution in [0.25, 0.3) is 0 Å². The summed E-state index contributed by atoms with van der Waals surface area (Å²) in [7, 11) is 0. The molecular weight excluding hydrogens is 300 g/mol. The Bertz CT molecular complexity index is 639. The minimum atomic E-state index is -2.60.